The molecule has 0 heterocycles. The van der Waals surface area contributed by atoms with Crippen molar-refractivity contribution in [3.8, 4) is 17.2 Å². The highest BCUT2D eigenvalue weighted by Gasteiger charge is 2.18. The number of hydrogen-bond acceptors (Lipinski definition) is 7. The topological polar surface area (TPSA) is 92.3 Å². The van der Waals surface area contributed by atoms with Gasteiger partial charge in [0.1, 0.15) is 37.1 Å². The van der Waals surface area contributed by atoms with Crippen LogP contribution in [0.25, 0.3) is 21.5 Å². The summed E-state index contributed by atoms with van der Waals surface area (Å²) >= 11 is 0. The Kier molecular flexibility index (Phi) is 9.74. The third-order valence-electron chi connectivity index (χ3n) is 5.69. The fourth-order valence-electron chi connectivity index (χ4n) is 3.91. The molecule has 0 saturated carbocycles. The summed E-state index contributed by atoms with van der Waals surface area (Å²) in [4.78, 5) is 24.0. The van der Waals surface area contributed by atoms with Crippen molar-refractivity contribution in [1.82, 2.24) is 5.32 Å². The minimum absolute atomic E-state index is 0.112. The fraction of sp³-hybridized carbons (Fsp3) is 0.226. The average molecular weight is 530 g/mol. The number of fused-ring (bicyclic) bond motifs is 2. The molecule has 0 aromatic heterocycles. The zero-order chi connectivity index (χ0) is 27.5. The van der Waals surface area contributed by atoms with E-state index in [1.165, 1.54) is 0 Å². The van der Waals surface area contributed by atoms with Gasteiger partial charge in [-0.05, 0) is 19.1 Å². The average Bonchev–Trinajstić information content (AvgIpc) is 2.96. The zero-order valence-electron chi connectivity index (χ0n) is 21.8. The number of nitrogens with one attached hydrogen (secondary N) is 1. The number of esters is 1. The Bertz CT molecular complexity index is 1380. The quantitative estimate of drug-likeness (QED) is 0.103. The lowest BCUT2D eigenvalue weighted by Crippen LogP contribution is -2.30. The molecule has 0 aliphatic rings. The van der Waals surface area contributed by atoms with Crippen LogP contribution in [-0.4, -0.2) is 51.6 Å². The monoisotopic (exact) mass is 529 g/mol. The van der Waals surface area contributed by atoms with Crippen LogP contribution in [0.3, 0.4) is 0 Å². The summed E-state index contributed by atoms with van der Waals surface area (Å²) in [6, 6.07) is 24.9. The zero-order valence-corrected chi connectivity index (χ0v) is 21.8. The minimum atomic E-state index is -0.604. The summed E-state index contributed by atoms with van der Waals surface area (Å²) in [6.45, 7) is 6.61. The van der Waals surface area contributed by atoms with E-state index in [4.69, 9.17) is 23.7 Å². The van der Waals surface area contributed by atoms with E-state index in [1.807, 2.05) is 78.9 Å². The maximum absolute atomic E-state index is 12.7. The van der Waals surface area contributed by atoms with Crippen molar-refractivity contribution >= 4 is 33.6 Å². The molecule has 0 radical (unpaired) electrons. The van der Waals surface area contributed by atoms with Crippen LogP contribution in [-0.2, 0) is 14.3 Å². The summed E-state index contributed by atoms with van der Waals surface area (Å²) in [5.74, 6) is 1.46. The van der Waals surface area contributed by atoms with Gasteiger partial charge in [0.05, 0.1) is 13.2 Å². The van der Waals surface area contributed by atoms with E-state index in [1.54, 1.807) is 6.92 Å². The number of ether oxygens (including phenoxy) is 5. The molecule has 0 unspecified atom stereocenters. The predicted molar refractivity (Wildman–Crippen MR) is 150 cm³/mol. The molecule has 8 nitrogen and oxygen atoms in total. The van der Waals surface area contributed by atoms with Gasteiger partial charge in [0, 0.05) is 33.7 Å². The van der Waals surface area contributed by atoms with E-state index in [0.29, 0.717) is 30.3 Å². The first-order chi connectivity index (χ1) is 19.0. The molecule has 0 saturated heterocycles. The lowest BCUT2D eigenvalue weighted by atomic mass is 10.0. The van der Waals surface area contributed by atoms with Crippen molar-refractivity contribution in [3.63, 3.8) is 0 Å². The number of para-hydroxylation sites is 1. The molecule has 0 fully saturated rings. The molecule has 0 bridgehead atoms. The highest BCUT2D eigenvalue weighted by Crippen LogP contribution is 2.42. The Hall–Kier alpha value is -4.56. The summed E-state index contributed by atoms with van der Waals surface area (Å²) in [6.07, 6.45) is -0.604. The van der Waals surface area contributed by atoms with Crippen molar-refractivity contribution in [3.05, 3.63) is 91.0 Å². The molecule has 4 aromatic rings. The van der Waals surface area contributed by atoms with Crippen molar-refractivity contribution in [2.45, 2.75) is 6.92 Å². The highest BCUT2D eigenvalue weighted by atomic mass is 16.6. The van der Waals surface area contributed by atoms with Gasteiger partial charge < -0.3 is 29.0 Å². The van der Waals surface area contributed by atoms with Gasteiger partial charge >= 0.3 is 12.1 Å². The molecule has 8 heteroatoms. The molecule has 0 aliphatic heterocycles. The summed E-state index contributed by atoms with van der Waals surface area (Å²) in [7, 11) is 0. The molecular weight excluding hydrogens is 498 g/mol. The number of amides is 1. The molecule has 202 valence electrons. The van der Waals surface area contributed by atoms with Crippen molar-refractivity contribution in [2.75, 3.05) is 39.6 Å². The summed E-state index contributed by atoms with van der Waals surface area (Å²) < 4.78 is 28.1. The van der Waals surface area contributed by atoms with Crippen molar-refractivity contribution in [2.24, 2.45) is 0 Å². The molecular formula is C31H31NO7. The Morgan fingerprint density at radius 2 is 1.26 bits per heavy atom. The highest BCUT2D eigenvalue weighted by molar-refractivity contribution is 6.11. The maximum Gasteiger partial charge on any atom is 0.412 e. The number of carbonyl (C=O) groups excluding carboxylic acids is 2. The third-order valence-corrected chi connectivity index (χ3v) is 5.69. The van der Waals surface area contributed by atoms with E-state index < -0.39 is 12.1 Å². The first-order valence-corrected chi connectivity index (χ1v) is 12.6. The Morgan fingerprint density at radius 1 is 0.692 bits per heavy atom. The molecule has 39 heavy (non-hydrogen) atoms. The SMILES string of the molecule is C=C(C)C(=O)OCCOCCNC(=O)Oc1c2ccccc2c(OCCOc2ccccc2)c2ccccc12. The Balaban J connectivity index is 1.40. The predicted octanol–water partition coefficient (Wildman–Crippen LogP) is 5.68. The number of hydrogen-bond donors (Lipinski definition) is 1. The number of benzene rings is 4. The second kappa shape index (κ2) is 13.8. The molecule has 4 aromatic carbocycles. The van der Waals surface area contributed by atoms with E-state index >= 15 is 0 Å². The fourth-order valence-corrected chi connectivity index (χ4v) is 3.91. The third kappa shape index (κ3) is 7.49. The first kappa shape index (κ1) is 27.5. The molecule has 0 spiro atoms. The Labute approximate surface area is 227 Å². The van der Waals surface area contributed by atoms with Crippen LogP contribution in [0.4, 0.5) is 4.79 Å². The van der Waals surface area contributed by atoms with Gasteiger partial charge in [0.15, 0.2) is 0 Å². The van der Waals surface area contributed by atoms with Gasteiger partial charge in [-0.1, -0.05) is 73.3 Å². The van der Waals surface area contributed by atoms with Gasteiger partial charge in [-0.2, -0.15) is 0 Å². The molecule has 1 amide bonds. The van der Waals surface area contributed by atoms with Gasteiger partial charge in [-0.15, -0.1) is 0 Å². The standard InChI is InChI=1S/C31H31NO7/c1-22(2)30(33)38-19-18-35-17-16-32-31(34)39-29-26-14-8-6-12-24(26)28(25-13-7-9-15-27(25)29)37-21-20-36-23-10-4-3-5-11-23/h3-15H,1,16-21H2,2H3,(H,32,34). The van der Waals surface area contributed by atoms with Crippen LogP contribution in [0.2, 0.25) is 0 Å². The van der Waals surface area contributed by atoms with Gasteiger partial charge in [-0.25, -0.2) is 9.59 Å². The van der Waals surface area contributed by atoms with E-state index in [0.717, 1.165) is 27.3 Å². The van der Waals surface area contributed by atoms with Crippen LogP contribution in [0.15, 0.2) is 91.0 Å². The molecule has 0 atom stereocenters. The van der Waals surface area contributed by atoms with Crippen LogP contribution in [0.1, 0.15) is 6.92 Å². The van der Waals surface area contributed by atoms with Gasteiger partial charge in [0.2, 0.25) is 0 Å². The number of rotatable bonds is 13. The first-order valence-electron chi connectivity index (χ1n) is 12.6. The van der Waals surface area contributed by atoms with Crippen LogP contribution in [0.5, 0.6) is 17.2 Å². The van der Waals surface area contributed by atoms with Crippen LogP contribution >= 0.6 is 0 Å². The molecule has 4 rings (SSSR count). The second-order valence-electron chi connectivity index (χ2n) is 8.60. The maximum atomic E-state index is 12.7. The Morgan fingerprint density at radius 3 is 1.87 bits per heavy atom. The largest absolute Gasteiger partial charge is 0.490 e. The van der Waals surface area contributed by atoms with Gasteiger partial charge in [0.25, 0.3) is 0 Å². The summed E-state index contributed by atoms with van der Waals surface area (Å²) in [5, 5.41) is 5.85. The van der Waals surface area contributed by atoms with E-state index in [-0.39, 0.29) is 26.4 Å². The van der Waals surface area contributed by atoms with E-state index in [2.05, 4.69) is 11.9 Å². The molecule has 0 aliphatic carbocycles. The lowest BCUT2D eigenvalue weighted by Gasteiger charge is -2.17. The smallest absolute Gasteiger partial charge is 0.412 e. The van der Waals surface area contributed by atoms with Crippen LogP contribution < -0.4 is 19.5 Å². The van der Waals surface area contributed by atoms with Crippen molar-refractivity contribution in [1.29, 1.82) is 0 Å². The second-order valence-corrected chi connectivity index (χ2v) is 8.60. The summed E-state index contributed by atoms with van der Waals surface area (Å²) in [5.41, 5.74) is 0.330. The van der Waals surface area contributed by atoms with Gasteiger partial charge in [-0.3, -0.25) is 0 Å². The van der Waals surface area contributed by atoms with Crippen LogP contribution in [0, 0.1) is 0 Å². The lowest BCUT2D eigenvalue weighted by molar-refractivity contribution is -0.140. The minimum Gasteiger partial charge on any atom is -0.490 e. The normalized spacial score (nSPS) is 10.7. The number of carbonyl (C=O) groups is 2. The molecule has 1 N–H and O–H groups in total. The van der Waals surface area contributed by atoms with E-state index in [9.17, 15) is 9.59 Å². The van der Waals surface area contributed by atoms with Crippen molar-refractivity contribution < 1.29 is 33.3 Å².